The van der Waals surface area contributed by atoms with Crippen molar-refractivity contribution in [2.45, 2.75) is 39.0 Å². The standard InChI is InChI=1S/C20H26N4O4S/c1-5-12(6-2)19-22-23-20(29-19)21-18(26)13-9-17(25)24(11-13)15-10-14(27-3)7-8-16(15)28-4/h7-8,10,12-13H,5-6,9,11H2,1-4H3,(H,21,23,26)/t13-/m1/s1. The van der Waals surface area contributed by atoms with Crippen molar-refractivity contribution in [2.75, 3.05) is 31.0 Å². The Hall–Kier alpha value is -2.68. The van der Waals surface area contributed by atoms with E-state index in [1.807, 2.05) is 0 Å². The third kappa shape index (κ3) is 4.50. The van der Waals surface area contributed by atoms with Crippen molar-refractivity contribution in [3.63, 3.8) is 0 Å². The number of ether oxygens (including phenoxy) is 2. The molecule has 156 valence electrons. The molecule has 8 nitrogen and oxygen atoms in total. The van der Waals surface area contributed by atoms with Gasteiger partial charge in [-0.3, -0.25) is 9.59 Å². The van der Waals surface area contributed by atoms with Crippen LogP contribution in [0.5, 0.6) is 11.5 Å². The zero-order valence-electron chi connectivity index (χ0n) is 17.1. The molecule has 0 saturated carbocycles. The first-order valence-electron chi connectivity index (χ1n) is 9.67. The predicted octanol–water partition coefficient (Wildman–Crippen LogP) is 3.45. The molecule has 0 bridgehead atoms. The van der Waals surface area contributed by atoms with Crippen LogP contribution < -0.4 is 19.7 Å². The quantitative estimate of drug-likeness (QED) is 0.706. The number of aromatic nitrogens is 2. The van der Waals surface area contributed by atoms with Gasteiger partial charge in [0.2, 0.25) is 16.9 Å². The zero-order valence-corrected chi connectivity index (χ0v) is 17.9. The number of rotatable bonds is 8. The highest BCUT2D eigenvalue weighted by Crippen LogP contribution is 2.36. The number of nitrogens with one attached hydrogen (secondary N) is 1. The second kappa shape index (κ2) is 9.21. The van der Waals surface area contributed by atoms with E-state index in [-0.39, 0.29) is 24.8 Å². The lowest BCUT2D eigenvalue weighted by Crippen LogP contribution is -2.28. The fourth-order valence-corrected chi connectivity index (χ4v) is 4.43. The molecule has 2 aromatic rings. The molecule has 1 aromatic heterocycles. The van der Waals surface area contributed by atoms with Gasteiger partial charge in [-0.15, -0.1) is 10.2 Å². The van der Waals surface area contributed by atoms with Gasteiger partial charge in [-0.05, 0) is 25.0 Å². The van der Waals surface area contributed by atoms with Gasteiger partial charge in [-0.1, -0.05) is 25.2 Å². The molecule has 0 unspecified atom stereocenters. The molecule has 1 aliphatic rings. The summed E-state index contributed by atoms with van der Waals surface area (Å²) in [5, 5.41) is 12.5. The van der Waals surface area contributed by atoms with Gasteiger partial charge in [0.1, 0.15) is 16.5 Å². The first-order chi connectivity index (χ1) is 14.0. The van der Waals surface area contributed by atoms with Crippen molar-refractivity contribution in [3.8, 4) is 11.5 Å². The summed E-state index contributed by atoms with van der Waals surface area (Å²) >= 11 is 1.40. The monoisotopic (exact) mass is 418 g/mol. The molecule has 1 aliphatic heterocycles. The highest BCUT2D eigenvalue weighted by atomic mass is 32.1. The van der Waals surface area contributed by atoms with E-state index >= 15 is 0 Å². The average Bonchev–Trinajstić information content (AvgIpc) is 3.35. The Kier molecular flexibility index (Phi) is 6.68. The Bertz CT molecular complexity index is 881. The second-order valence-electron chi connectivity index (χ2n) is 6.89. The summed E-state index contributed by atoms with van der Waals surface area (Å²) in [6.07, 6.45) is 2.09. The van der Waals surface area contributed by atoms with Gasteiger partial charge in [-0.25, -0.2) is 0 Å². The molecule has 2 amide bonds. The number of carbonyl (C=O) groups is 2. The highest BCUT2D eigenvalue weighted by molar-refractivity contribution is 7.15. The molecule has 0 spiro atoms. The lowest BCUT2D eigenvalue weighted by molar-refractivity contribution is -0.122. The van der Waals surface area contributed by atoms with Crippen molar-refractivity contribution in [1.82, 2.24) is 10.2 Å². The fraction of sp³-hybridized carbons (Fsp3) is 0.500. The lowest BCUT2D eigenvalue weighted by Gasteiger charge is -2.20. The minimum atomic E-state index is -0.473. The molecule has 9 heteroatoms. The lowest BCUT2D eigenvalue weighted by atomic mass is 10.1. The number of hydrogen-bond acceptors (Lipinski definition) is 7. The zero-order chi connectivity index (χ0) is 21.0. The van der Waals surface area contributed by atoms with Crippen LogP contribution in [0.25, 0.3) is 0 Å². The van der Waals surface area contributed by atoms with Crippen molar-refractivity contribution in [2.24, 2.45) is 5.92 Å². The van der Waals surface area contributed by atoms with Crippen LogP contribution in [0.15, 0.2) is 18.2 Å². The molecule has 3 rings (SSSR count). The first kappa shape index (κ1) is 21.0. The number of amides is 2. The molecule has 1 saturated heterocycles. The molecule has 0 aliphatic carbocycles. The number of nitrogens with zero attached hydrogens (tertiary/aromatic N) is 3. The third-order valence-electron chi connectivity index (χ3n) is 5.18. The SMILES string of the molecule is CCC(CC)c1nnc(NC(=O)[C@@H]2CC(=O)N(c3cc(OC)ccc3OC)C2)s1. The molecular weight excluding hydrogens is 392 g/mol. The van der Waals surface area contributed by atoms with Gasteiger partial charge >= 0.3 is 0 Å². The normalized spacial score (nSPS) is 16.4. The Labute approximate surface area is 174 Å². The van der Waals surface area contributed by atoms with Gasteiger partial charge in [0.15, 0.2) is 0 Å². The van der Waals surface area contributed by atoms with Crippen molar-refractivity contribution in [1.29, 1.82) is 0 Å². The molecule has 29 heavy (non-hydrogen) atoms. The number of benzene rings is 1. The number of hydrogen-bond donors (Lipinski definition) is 1. The Balaban J connectivity index is 1.71. The maximum absolute atomic E-state index is 12.7. The van der Waals surface area contributed by atoms with E-state index in [0.29, 0.717) is 28.2 Å². The molecule has 1 fully saturated rings. The topological polar surface area (TPSA) is 93.7 Å². The van der Waals surface area contributed by atoms with Gasteiger partial charge < -0.3 is 19.7 Å². The summed E-state index contributed by atoms with van der Waals surface area (Å²) in [7, 11) is 3.11. The van der Waals surface area contributed by atoms with E-state index in [0.717, 1.165) is 17.8 Å². The van der Waals surface area contributed by atoms with Crippen LogP contribution in [0.4, 0.5) is 10.8 Å². The van der Waals surface area contributed by atoms with Gasteiger partial charge in [0, 0.05) is 24.9 Å². The predicted molar refractivity (Wildman–Crippen MR) is 112 cm³/mol. The number of anilines is 2. The maximum atomic E-state index is 12.7. The smallest absolute Gasteiger partial charge is 0.231 e. The molecule has 1 N–H and O–H groups in total. The van der Waals surface area contributed by atoms with Crippen LogP contribution in [0.2, 0.25) is 0 Å². The minimum Gasteiger partial charge on any atom is -0.497 e. The van der Waals surface area contributed by atoms with Crippen LogP contribution >= 0.6 is 11.3 Å². The summed E-state index contributed by atoms with van der Waals surface area (Å²) in [5.74, 6) is 0.686. The van der Waals surface area contributed by atoms with Gasteiger partial charge in [0.25, 0.3) is 0 Å². The molecule has 1 atom stereocenters. The van der Waals surface area contributed by atoms with E-state index in [4.69, 9.17) is 9.47 Å². The van der Waals surface area contributed by atoms with Crippen LogP contribution in [0.3, 0.4) is 0 Å². The van der Waals surface area contributed by atoms with Crippen LogP contribution in [0.1, 0.15) is 44.0 Å². The van der Waals surface area contributed by atoms with Crippen LogP contribution in [-0.4, -0.2) is 42.8 Å². The van der Waals surface area contributed by atoms with Gasteiger partial charge in [-0.2, -0.15) is 0 Å². The summed E-state index contributed by atoms with van der Waals surface area (Å²) < 4.78 is 10.6. The van der Waals surface area contributed by atoms with Crippen LogP contribution in [-0.2, 0) is 9.59 Å². The largest absolute Gasteiger partial charge is 0.497 e. The van der Waals surface area contributed by atoms with E-state index < -0.39 is 5.92 Å². The molecular formula is C20H26N4O4S. The summed E-state index contributed by atoms with van der Waals surface area (Å²) in [5.41, 5.74) is 0.596. The van der Waals surface area contributed by atoms with E-state index in [1.165, 1.54) is 11.3 Å². The van der Waals surface area contributed by atoms with Crippen LogP contribution in [0, 0.1) is 5.92 Å². The van der Waals surface area contributed by atoms with Crippen molar-refractivity contribution < 1.29 is 19.1 Å². The summed E-state index contributed by atoms with van der Waals surface area (Å²) in [4.78, 5) is 26.9. The molecule has 1 aromatic carbocycles. The molecule has 0 radical (unpaired) electrons. The first-order valence-corrected chi connectivity index (χ1v) is 10.5. The summed E-state index contributed by atoms with van der Waals surface area (Å²) in [6.45, 7) is 4.49. The Morgan fingerprint density at radius 2 is 2.03 bits per heavy atom. The summed E-state index contributed by atoms with van der Waals surface area (Å²) in [6, 6.07) is 5.25. The van der Waals surface area contributed by atoms with Crippen molar-refractivity contribution >= 4 is 34.0 Å². The molecule has 2 heterocycles. The van der Waals surface area contributed by atoms with E-state index in [9.17, 15) is 9.59 Å². The van der Waals surface area contributed by atoms with Gasteiger partial charge in [0.05, 0.1) is 25.8 Å². The number of carbonyl (C=O) groups excluding carboxylic acids is 2. The Morgan fingerprint density at radius 3 is 2.69 bits per heavy atom. The maximum Gasteiger partial charge on any atom is 0.231 e. The fourth-order valence-electron chi connectivity index (χ4n) is 3.42. The Morgan fingerprint density at radius 1 is 1.28 bits per heavy atom. The third-order valence-corrected chi connectivity index (χ3v) is 6.18. The second-order valence-corrected chi connectivity index (χ2v) is 7.90. The minimum absolute atomic E-state index is 0.129. The number of methoxy groups -OCH3 is 2. The van der Waals surface area contributed by atoms with Crippen molar-refractivity contribution in [3.05, 3.63) is 23.2 Å². The highest BCUT2D eigenvalue weighted by Gasteiger charge is 2.37. The average molecular weight is 419 g/mol. The van der Waals surface area contributed by atoms with E-state index in [1.54, 1.807) is 37.3 Å². The van der Waals surface area contributed by atoms with E-state index in [2.05, 4.69) is 29.4 Å².